The van der Waals surface area contributed by atoms with Gasteiger partial charge in [-0.15, -0.1) is 0 Å². The Balaban J connectivity index is 4.22. The quantitative estimate of drug-likeness (QED) is 0.0243. The van der Waals surface area contributed by atoms with Crippen LogP contribution in [0.25, 0.3) is 0 Å². The molecule has 0 aromatic carbocycles. The molecule has 0 radical (unpaired) electrons. The smallest absolute Gasteiger partial charge is 0.387 e. The molecular weight excluding hydrogens is 804 g/mol. The largest absolute Gasteiger partial charge is 0.472 e. The summed E-state index contributed by atoms with van der Waals surface area (Å²) in [6.45, 7) is 4.73. The summed E-state index contributed by atoms with van der Waals surface area (Å²) in [4.78, 5) is 23.2. The van der Waals surface area contributed by atoms with Crippen molar-refractivity contribution in [3.05, 3.63) is 48.6 Å². The summed E-state index contributed by atoms with van der Waals surface area (Å²) >= 11 is 0. The minimum atomic E-state index is -4.35. The van der Waals surface area contributed by atoms with Crippen molar-refractivity contribution in [3.8, 4) is 0 Å². The van der Waals surface area contributed by atoms with Gasteiger partial charge in [-0.05, 0) is 57.8 Å². The molecule has 3 N–H and O–H groups in total. The van der Waals surface area contributed by atoms with E-state index in [9.17, 15) is 19.4 Å². The molecule has 0 heterocycles. The van der Waals surface area contributed by atoms with Gasteiger partial charge in [-0.3, -0.25) is 13.8 Å². The zero-order chi connectivity index (χ0) is 46.4. The third-order valence-corrected chi connectivity index (χ3v) is 12.7. The van der Waals surface area contributed by atoms with E-state index in [0.29, 0.717) is 17.4 Å². The van der Waals surface area contributed by atoms with Crippen LogP contribution in [-0.2, 0) is 18.4 Å². The highest BCUT2D eigenvalue weighted by molar-refractivity contribution is 7.47. The molecule has 0 aromatic heterocycles. The van der Waals surface area contributed by atoms with Crippen LogP contribution in [0.5, 0.6) is 0 Å². The Morgan fingerprint density at radius 3 is 1.43 bits per heavy atom. The zero-order valence-corrected chi connectivity index (χ0v) is 43.0. The van der Waals surface area contributed by atoms with E-state index in [4.69, 9.17) is 9.05 Å². The molecule has 3 unspecified atom stereocenters. The third kappa shape index (κ3) is 48.2. The van der Waals surface area contributed by atoms with Gasteiger partial charge in [0.1, 0.15) is 13.2 Å². The van der Waals surface area contributed by atoms with Crippen molar-refractivity contribution < 1.29 is 32.9 Å². The highest BCUT2D eigenvalue weighted by Gasteiger charge is 2.27. The maximum atomic E-state index is 12.9. The first-order chi connectivity index (χ1) is 30.5. The number of aliphatic hydroxyl groups is 1. The SMILES string of the molecule is CCC/C=C\C/C=C\CCCCCCCC(=O)NC(COP(=O)(O)OCC[N+](C)(C)C)C(O)/C=C/CC/C=C/CCCCCCCCCCCCCCCCCCCCCCCC. The van der Waals surface area contributed by atoms with Crippen molar-refractivity contribution >= 4 is 13.7 Å². The number of nitrogens with zero attached hydrogens (tertiary/aromatic N) is 1. The number of hydrogen-bond acceptors (Lipinski definition) is 5. The van der Waals surface area contributed by atoms with Crippen LogP contribution in [0.1, 0.15) is 239 Å². The van der Waals surface area contributed by atoms with E-state index in [2.05, 4.69) is 55.6 Å². The molecule has 0 fully saturated rings. The Morgan fingerprint density at radius 2 is 0.952 bits per heavy atom. The summed E-state index contributed by atoms with van der Waals surface area (Å²) in [7, 11) is 1.54. The normalized spacial score (nSPS) is 14.5. The molecule has 9 heteroatoms. The predicted molar refractivity (Wildman–Crippen MR) is 272 cm³/mol. The molecule has 0 aliphatic carbocycles. The van der Waals surface area contributed by atoms with Crippen LogP contribution in [0.3, 0.4) is 0 Å². The number of allylic oxidation sites excluding steroid dienone is 7. The summed E-state index contributed by atoms with van der Waals surface area (Å²) in [5.41, 5.74) is 0. The minimum absolute atomic E-state index is 0.0522. The summed E-state index contributed by atoms with van der Waals surface area (Å²) in [5.74, 6) is -0.202. The van der Waals surface area contributed by atoms with Crippen molar-refractivity contribution in [2.75, 3.05) is 40.9 Å². The standard InChI is InChI=1S/C54H103N2O6P/c1-6-8-10-12-14-16-18-20-21-22-23-24-25-26-27-28-29-30-31-32-33-34-36-37-39-41-43-45-47-53(57)52(51-62-63(59,60)61-50-49-56(3,4)5)55-54(58)48-46-44-42-40-38-35-19-17-15-13-11-9-7-2/h11,13,17,19,37,39,45,47,52-53,57H,6-10,12,14-16,18,20-36,38,40-44,46,48-51H2,1-5H3,(H-,55,58,59,60)/p+1/b13-11-,19-17-,39-37+,47-45+. The van der Waals surface area contributed by atoms with E-state index in [0.717, 1.165) is 70.6 Å². The lowest BCUT2D eigenvalue weighted by atomic mass is 10.0. The van der Waals surface area contributed by atoms with Gasteiger partial charge >= 0.3 is 7.82 Å². The lowest BCUT2D eigenvalue weighted by Gasteiger charge is -2.25. The number of phosphoric ester groups is 1. The van der Waals surface area contributed by atoms with Gasteiger partial charge in [-0.1, -0.05) is 223 Å². The summed E-state index contributed by atoms with van der Waals surface area (Å²) in [6, 6.07) is -0.871. The van der Waals surface area contributed by atoms with Crippen LogP contribution in [0.15, 0.2) is 48.6 Å². The first kappa shape index (κ1) is 61.5. The molecule has 63 heavy (non-hydrogen) atoms. The highest BCUT2D eigenvalue weighted by atomic mass is 31.2. The molecule has 0 aliphatic heterocycles. The number of amides is 1. The van der Waals surface area contributed by atoms with Gasteiger partial charge in [0, 0.05) is 6.42 Å². The molecular formula is C54H104N2O6P+. The van der Waals surface area contributed by atoms with E-state index in [-0.39, 0.29) is 19.1 Å². The van der Waals surface area contributed by atoms with Crippen molar-refractivity contribution in [3.63, 3.8) is 0 Å². The number of hydrogen-bond donors (Lipinski definition) is 3. The fourth-order valence-corrected chi connectivity index (χ4v) is 8.30. The second kappa shape index (κ2) is 45.6. The first-order valence-corrected chi connectivity index (χ1v) is 28.0. The second-order valence-electron chi connectivity index (χ2n) is 19.2. The molecule has 3 atom stereocenters. The first-order valence-electron chi connectivity index (χ1n) is 26.5. The second-order valence-corrected chi connectivity index (χ2v) is 20.7. The van der Waals surface area contributed by atoms with Crippen molar-refractivity contribution in [1.82, 2.24) is 5.32 Å². The van der Waals surface area contributed by atoms with Crippen LogP contribution >= 0.6 is 7.82 Å². The van der Waals surface area contributed by atoms with Gasteiger partial charge in [-0.25, -0.2) is 4.57 Å². The monoisotopic (exact) mass is 908 g/mol. The zero-order valence-electron chi connectivity index (χ0n) is 42.1. The molecule has 370 valence electrons. The van der Waals surface area contributed by atoms with Gasteiger partial charge in [0.05, 0.1) is 39.9 Å². The summed E-state index contributed by atoms with van der Waals surface area (Å²) in [6.07, 6.45) is 59.3. The molecule has 0 saturated heterocycles. The van der Waals surface area contributed by atoms with Gasteiger partial charge in [0.2, 0.25) is 5.91 Å². The van der Waals surface area contributed by atoms with E-state index in [1.54, 1.807) is 6.08 Å². The summed E-state index contributed by atoms with van der Waals surface area (Å²) < 4.78 is 23.6. The van der Waals surface area contributed by atoms with Crippen LogP contribution in [0.2, 0.25) is 0 Å². The molecule has 8 nitrogen and oxygen atoms in total. The van der Waals surface area contributed by atoms with Crippen LogP contribution in [-0.4, -0.2) is 73.4 Å². The lowest BCUT2D eigenvalue weighted by molar-refractivity contribution is -0.870. The predicted octanol–water partition coefficient (Wildman–Crippen LogP) is 15.6. The van der Waals surface area contributed by atoms with Gasteiger partial charge < -0.3 is 19.8 Å². The molecule has 1 amide bonds. The fraction of sp³-hybridized carbons (Fsp3) is 0.833. The molecule has 0 aromatic rings. The third-order valence-electron chi connectivity index (χ3n) is 11.8. The number of rotatable bonds is 48. The van der Waals surface area contributed by atoms with Gasteiger partial charge in [0.25, 0.3) is 0 Å². The molecule has 0 saturated carbocycles. The Kier molecular flexibility index (Phi) is 44.5. The van der Waals surface area contributed by atoms with Gasteiger partial charge in [0.15, 0.2) is 0 Å². The van der Waals surface area contributed by atoms with Crippen LogP contribution in [0, 0.1) is 0 Å². The number of aliphatic hydroxyl groups excluding tert-OH is 1. The lowest BCUT2D eigenvalue weighted by Crippen LogP contribution is -2.45. The molecule has 0 aliphatic rings. The number of nitrogens with one attached hydrogen (secondary N) is 1. The Labute approximate surface area is 390 Å². The number of phosphoric acid groups is 1. The minimum Gasteiger partial charge on any atom is -0.387 e. The molecule has 0 bridgehead atoms. The maximum Gasteiger partial charge on any atom is 0.472 e. The van der Waals surface area contributed by atoms with Crippen LogP contribution in [0.4, 0.5) is 0 Å². The number of carbonyl (C=O) groups excluding carboxylic acids is 1. The summed E-state index contributed by atoms with van der Waals surface area (Å²) in [5, 5.41) is 13.8. The van der Waals surface area contributed by atoms with E-state index in [1.807, 2.05) is 27.2 Å². The Bertz CT molecular complexity index is 1170. The fourth-order valence-electron chi connectivity index (χ4n) is 7.57. The Hall–Kier alpha value is -1.54. The van der Waals surface area contributed by atoms with E-state index in [1.165, 1.54) is 148 Å². The topological polar surface area (TPSA) is 105 Å². The number of quaternary nitrogens is 1. The number of unbranched alkanes of at least 4 members (excludes halogenated alkanes) is 29. The number of likely N-dealkylation sites (N-methyl/N-ethyl adjacent to an activating group) is 1. The average Bonchev–Trinajstić information content (AvgIpc) is 3.24. The van der Waals surface area contributed by atoms with Crippen LogP contribution < -0.4 is 5.32 Å². The van der Waals surface area contributed by atoms with Crippen molar-refractivity contribution in [2.45, 2.75) is 251 Å². The number of carbonyl (C=O) groups is 1. The van der Waals surface area contributed by atoms with Crippen molar-refractivity contribution in [1.29, 1.82) is 0 Å². The van der Waals surface area contributed by atoms with Gasteiger partial charge in [-0.2, -0.15) is 0 Å². The van der Waals surface area contributed by atoms with E-state index >= 15 is 0 Å². The highest BCUT2D eigenvalue weighted by Crippen LogP contribution is 2.43. The average molecular weight is 908 g/mol. The molecule has 0 spiro atoms. The maximum absolute atomic E-state index is 12.9. The van der Waals surface area contributed by atoms with Crippen molar-refractivity contribution in [2.24, 2.45) is 0 Å². The molecule has 0 rings (SSSR count). The Morgan fingerprint density at radius 1 is 0.540 bits per heavy atom. The van der Waals surface area contributed by atoms with E-state index < -0.39 is 20.0 Å².